The maximum Gasteiger partial charge on any atom is 0.295 e. The van der Waals surface area contributed by atoms with Crippen molar-refractivity contribution in [2.75, 3.05) is 0 Å². The second-order valence-electron chi connectivity index (χ2n) is 11.4. The number of azo groups is 3. The Balaban J connectivity index is 0.00000661. The van der Waals surface area contributed by atoms with Gasteiger partial charge in [-0.3, -0.25) is 13.9 Å². The number of primary amides is 1. The molecule has 1 amide bonds. The summed E-state index contributed by atoms with van der Waals surface area (Å²) in [5.74, 6) is -2.24. The molecule has 28 heteroatoms. The maximum absolute atomic E-state index is 12.2. The average Bonchev–Trinajstić information content (AvgIpc) is 3.57. The van der Waals surface area contributed by atoms with Crippen LogP contribution in [0.1, 0.15) is 10.4 Å². The van der Waals surface area contributed by atoms with Gasteiger partial charge in [0.1, 0.15) is 37.9 Å². The van der Waals surface area contributed by atoms with E-state index in [9.17, 15) is 54.6 Å². The topological polar surface area (TPSA) is 366 Å². The summed E-state index contributed by atoms with van der Waals surface area (Å²) in [5.41, 5.74) is 4.44. The second-order valence-corrected chi connectivity index (χ2v) is 17.4. The van der Waals surface area contributed by atoms with E-state index in [0.717, 1.165) is 47.7 Å². The van der Waals surface area contributed by atoms with Crippen molar-refractivity contribution in [3.63, 3.8) is 0 Å². The normalized spacial score (nSPS) is 12.9. The Morgan fingerprint density at radius 3 is 2.08 bits per heavy atom. The number of rotatable bonds is 13. The van der Waals surface area contributed by atoms with Crippen LogP contribution in [0.3, 0.4) is 0 Å². The molecule has 0 aliphatic rings. The van der Waals surface area contributed by atoms with Gasteiger partial charge in [-0.1, -0.05) is 28.5 Å². The molecule has 0 aliphatic carbocycles. The van der Waals surface area contributed by atoms with Crippen LogP contribution in [0, 0.1) is 0 Å². The van der Waals surface area contributed by atoms with E-state index in [1.165, 1.54) is 42.5 Å². The number of phenolic OH excluding ortho intramolecular Hbond substituents is 2. The van der Waals surface area contributed by atoms with E-state index in [1.807, 2.05) is 0 Å². The van der Waals surface area contributed by atoms with Crippen LogP contribution in [0.2, 0.25) is 0 Å². The molecule has 312 valence electrons. The molecule has 0 unspecified atom stereocenters. The zero-order chi connectivity index (χ0) is 42.2. The first-order valence-electron chi connectivity index (χ1n) is 15.2. The maximum atomic E-state index is 12.2. The van der Waals surface area contributed by atoms with Crippen molar-refractivity contribution >= 4 is 115 Å². The standard InChI is InChI=1S/C31H23N7O15S5.Ni/c32-30(41)21-13-27(36-34-16-10-20-19(25(12-16)57(46,47)48)2-1-3-24(20)55-53-52-42)54-31(21)38-33-15-4-7-22(23(39)11-15)35-37-28-26(58(49,50)51)9-14-8-17(56(43,44)45)5-6-18(14)29(28)40;/h1-13,39-40,42,49-51H,(H2,32,41)(H,43,44,45)(H,46,47,48);. The number of nitrogens with zero attached hydrogens (tertiary/aromatic N) is 6. The Hall–Kier alpha value is -5.04. The minimum atomic E-state index is -4.77. The number of carbonyl (C=O) groups is 1. The Morgan fingerprint density at radius 1 is 0.712 bits per heavy atom. The Bertz CT molecular complexity index is 2960. The molecule has 5 aromatic carbocycles. The van der Waals surface area contributed by atoms with E-state index >= 15 is 0 Å². The minimum Gasteiger partial charge on any atom is -0.506 e. The Labute approximate surface area is 350 Å². The van der Waals surface area contributed by atoms with Crippen molar-refractivity contribution in [1.29, 1.82) is 0 Å². The number of nitrogens with two attached hydrogens (primary N) is 1. The fourth-order valence-electron chi connectivity index (χ4n) is 5.14. The molecule has 0 saturated carbocycles. The molecule has 6 aromatic rings. The summed E-state index contributed by atoms with van der Waals surface area (Å²) in [6, 6.07) is 15.5. The molecule has 0 aliphatic heterocycles. The van der Waals surface area contributed by atoms with Gasteiger partial charge in [0.05, 0.1) is 38.8 Å². The molecule has 22 nitrogen and oxygen atoms in total. The number of carbonyl (C=O) groups excluding carboxylic acids is 1. The number of amides is 1. The molecular weight excluding hydrogens is 929 g/mol. The van der Waals surface area contributed by atoms with E-state index in [-0.39, 0.29) is 75.6 Å². The van der Waals surface area contributed by atoms with Crippen molar-refractivity contribution < 1.29 is 85.7 Å². The summed E-state index contributed by atoms with van der Waals surface area (Å²) in [6.07, 6.45) is 0. The monoisotopic (exact) mass is 951 g/mol. The van der Waals surface area contributed by atoms with Gasteiger partial charge in [-0.15, -0.1) is 35.0 Å². The van der Waals surface area contributed by atoms with Crippen molar-refractivity contribution in [3.8, 4) is 11.5 Å². The van der Waals surface area contributed by atoms with Crippen LogP contribution in [0.25, 0.3) is 21.5 Å². The SMILES string of the molecule is NC(=O)c1cc(N=Nc2cc(S(=O)(=O)O)c3cccc(SOOO)c3c2)sc1N=Nc1ccc(N=Nc2c(S(O)(O)O)cc3cc(S(=O)(=O)O)ccc3c2O)c(O)c1.[Ni]. The Morgan fingerprint density at radius 2 is 1.44 bits per heavy atom. The summed E-state index contributed by atoms with van der Waals surface area (Å²) in [6.45, 7) is 0. The molecule has 6 rings (SSSR count). The minimum absolute atomic E-state index is 0. The van der Waals surface area contributed by atoms with Gasteiger partial charge in [0, 0.05) is 43.6 Å². The number of aromatic hydroxyl groups is 2. The van der Waals surface area contributed by atoms with Gasteiger partial charge in [-0.25, -0.2) is 5.26 Å². The average molecular weight is 953 g/mol. The van der Waals surface area contributed by atoms with Crippen LogP contribution in [0.4, 0.5) is 32.8 Å². The number of benzene rings is 5. The smallest absolute Gasteiger partial charge is 0.295 e. The summed E-state index contributed by atoms with van der Waals surface area (Å²) < 4.78 is 101. The number of fused-ring (bicyclic) bond motifs is 2. The predicted molar refractivity (Wildman–Crippen MR) is 207 cm³/mol. The van der Waals surface area contributed by atoms with Crippen LogP contribution in [-0.4, -0.2) is 61.0 Å². The van der Waals surface area contributed by atoms with Crippen LogP contribution in [0.15, 0.2) is 129 Å². The van der Waals surface area contributed by atoms with E-state index in [4.69, 9.17) is 11.0 Å². The summed E-state index contributed by atoms with van der Waals surface area (Å²) in [5, 5.41) is 57.5. The van der Waals surface area contributed by atoms with Gasteiger partial charge >= 0.3 is 0 Å². The molecule has 0 radical (unpaired) electrons. The van der Waals surface area contributed by atoms with E-state index in [1.54, 1.807) is 0 Å². The number of hydrogen-bond donors (Lipinski definition) is 9. The van der Waals surface area contributed by atoms with Crippen LogP contribution >= 0.6 is 34.3 Å². The van der Waals surface area contributed by atoms with Crippen molar-refractivity contribution in [2.45, 2.75) is 19.6 Å². The molecule has 1 aromatic heterocycles. The molecule has 10 N–H and O–H groups in total. The molecule has 0 fully saturated rings. The van der Waals surface area contributed by atoms with Gasteiger partial charge in [-0.2, -0.15) is 16.8 Å². The Kier molecular flexibility index (Phi) is 13.5. The first-order valence-corrected chi connectivity index (χ1v) is 21.2. The molecular formula is C31H23N7NiO15S5. The fraction of sp³-hybridized carbons (Fsp3) is 0. The second kappa shape index (κ2) is 17.7. The molecule has 59 heavy (non-hydrogen) atoms. The van der Waals surface area contributed by atoms with Gasteiger partial charge in [0.15, 0.2) is 10.8 Å². The number of thiophene rings is 1. The number of hydrogen-bond acceptors (Lipinski definition) is 21. The number of phenols is 2. The quantitative estimate of drug-likeness (QED) is 0.0130. The van der Waals surface area contributed by atoms with Crippen LogP contribution < -0.4 is 5.73 Å². The van der Waals surface area contributed by atoms with Crippen LogP contribution in [-0.2, 0) is 46.1 Å². The van der Waals surface area contributed by atoms with Gasteiger partial charge in [0.25, 0.3) is 26.1 Å². The largest absolute Gasteiger partial charge is 0.506 e. The van der Waals surface area contributed by atoms with Crippen molar-refractivity contribution in [2.24, 2.45) is 36.4 Å². The van der Waals surface area contributed by atoms with E-state index < -0.39 is 68.9 Å². The molecule has 0 spiro atoms. The summed E-state index contributed by atoms with van der Waals surface area (Å²) in [4.78, 5) is 10.6. The third kappa shape index (κ3) is 10.2. The van der Waals surface area contributed by atoms with Gasteiger partial charge < -0.3 is 29.6 Å². The van der Waals surface area contributed by atoms with Gasteiger partial charge in [-0.05, 0) is 66.0 Å². The van der Waals surface area contributed by atoms with Crippen molar-refractivity contribution in [3.05, 3.63) is 84.4 Å². The third-order valence-corrected chi connectivity index (χ3v) is 11.9. The molecule has 0 saturated heterocycles. The van der Waals surface area contributed by atoms with Crippen molar-refractivity contribution in [1.82, 2.24) is 0 Å². The predicted octanol–water partition coefficient (Wildman–Crippen LogP) is 9.31. The fourth-order valence-corrected chi connectivity index (χ4v) is 8.37. The molecule has 0 bridgehead atoms. The summed E-state index contributed by atoms with van der Waals surface area (Å²) in [7, 11) is -14.1. The van der Waals surface area contributed by atoms with Crippen LogP contribution in [0.5, 0.6) is 11.5 Å². The summed E-state index contributed by atoms with van der Waals surface area (Å²) >= 11 is 1.33. The zero-order valence-electron chi connectivity index (χ0n) is 28.6. The first-order chi connectivity index (χ1) is 27.2. The third-order valence-electron chi connectivity index (χ3n) is 7.65. The molecule has 0 atom stereocenters. The van der Waals surface area contributed by atoms with E-state index in [2.05, 4.69) is 40.1 Å². The van der Waals surface area contributed by atoms with E-state index in [0.29, 0.717) is 12.0 Å². The molecule has 1 heterocycles. The zero-order valence-corrected chi connectivity index (χ0v) is 33.6. The van der Waals surface area contributed by atoms with Gasteiger partial charge in [0.2, 0.25) is 0 Å². The first kappa shape index (κ1) is 45.1.